The van der Waals surface area contributed by atoms with Crippen molar-refractivity contribution in [2.45, 2.75) is 13.0 Å². The number of carbonyl (C=O) groups is 1. The van der Waals surface area contributed by atoms with E-state index in [1.165, 1.54) is 18.5 Å². The first-order valence-electron chi connectivity index (χ1n) is 9.00. The molecule has 30 heavy (non-hydrogen) atoms. The van der Waals surface area contributed by atoms with Crippen molar-refractivity contribution < 1.29 is 14.3 Å². The van der Waals surface area contributed by atoms with Gasteiger partial charge in [-0.2, -0.15) is 0 Å². The number of amides is 1. The fourth-order valence-corrected chi connectivity index (χ4v) is 3.16. The lowest BCUT2D eigenvalue weighted by Gasteiger charge is -2.23. The molecular formula is C19H17ClN6O4. The summed E-state index contributed by atoms with van der Waals surface area (Å²) in [5.41, 5.74) is 6.78. The first kappa shape index (κ1) is 19.6. The SMILES string of the molecule is CC(NC(=O)c1cc(Cl)c(N)c2c1OCCO2)c1nc(-c2ccncn2)cc(=O)[nH]1. The first-order valence-corrected chi connectivity index (χ1v) is 9.38. The highest BCUT2D eigenvalue weighted by molar-refractivity contribution is 6.34. The minimum Gasteiger partial charge on any atom is -0.485 e. The summed E-state index contributed by atoms with van der Waals surface area (Å²) in [5, 5.41) is 2.95. The Kier molecular flexibility index (Phi) is 5.23. The zero-order valence-electron chi connectivity index (χ0n) is 15.8. The maximum absolute atomic E-state index is 12.9. The lowest BCUT2D eigenvalue weighted by atomic mass is 10.1. The molecule has 11 heteroatoms. The summed E-state index contributed by atoms with van der Waals surface area (Å²) in [6.45, 7) is 2.26. The number of aromatic nitrogens is 4. The summed E-state index contributed by atoms with van der Waals surface area (Å²) in [6, 6.07) is 3.74. The Morgan fingerprint density at radius 1 is 1.27 bits per heavy atom. The number of benzene rings is 1. The van der Waals surface area contributed by atoms with Crippen molar-refractivity contribution in [1.82, 2.24) is 25.3 Å². The molecule has 4 N–H and O–H groups in total. The Bertz CT molecular complexity index is 1170. The van der Waals surface area contributed by atoms with Crippen LogP contribution in [0.3, 0.4) is 0 Å². The average Bonchev–Trinajstić information content (AvgIpc) is 2.76. The van der Waals surface area contributed by atoms with E-state index in [-0.39, 0.29) is 45.8 Å². The fraction of sp³-hybridized carbons (Fsp3) is 0.211. The average molecular weight is 429 g/mol. The van der Waals surface area contributed by atoms with Crippen LogP contribution < -0.4 is 26.1 Å². The largest absolute Gasteiger partial charge is 0.485 e. The van der Waals surface area contributed by atoms with Crippen LogP contribution in [0.25, 0.3) is 11.4 Å². The molecule has 154 valence electrons. The van der Waals surface area contributed by atoms with Crippen molar-refractivity contribution in [2.75, 3.05) is 18.9 Å². The molecule has 1 aromatic carbocycles. The molecule has 1 aliphatic heterocycles. The van der Waals surface area contributed by atoms with E-state index in [0.29, 0.717) is 18.0 Å². The summed E-state index contributed by atoms with van der Waals surface area (Å²) >= 11 is 6.15. The molecule has 2 aromatic heterocycles. The van der Waals surface area contributed by atoms with Gasteiger partial charge in [0.15, 0.2) is 11.5 Å². The summed E-state index contributed by atoms with van der Waals surface area (Å²) in [4.78, 5) is 40.0. The van der Waals surface area contributed by atoms with Gasteiger partial charge in [-0.1, -0.05) is 11.6 Å². The predicted molar refractivity (Wildman–Crippen MR) is 109 cm³/mol. The number of ether oxygens (including phenoxy) is 2. The lowest BCUT2D eigenvalue weighted by Crippen LogP contribution is -2.30. The minimum atomic E-state index is -0.636. The van der Waals surface area contributed by atoms with Gasteiger partial charge >= 0.3 is 0 Å². The predicted octanol–water partition coefficient (Wildman–Crippen LogP) is 1.72. The highest BCUT2D eigenvalue weighted by atomic mass is 35.5. The van der Waals surface area contributed by atoms with Crippen LogP contribution in [0, 0.1) is 0 Å². The molecule has 0 bridgehead atoms. The van der Waals surface area contributed by atoms with Crippen molar-refractivity contribution in [2.24, 2.45) is 0 Å². The number of hydrogen-bond acceptors (Lipinski definition) is 8. The van der Waals surface area contributed by atoms with Gasteiger partial charge in [0.25, 0.3) is 11.5 Å². The summed E-state index contributed by atoms with van der Waals surface area (Å²) in [5.74, 6) is 0.242. The molecule has 0 fully saturated rings. The van der Waals surface area contributed by atoms with Gasteiger partial charge in [-0.25, -0.2) is 15.0 Å². The number of nitrogen functional groups attached to an aromatic ring is 1. The molecular weight excluding hydrogens is 412 g/mol. The second-order valence-electron chi connectivity index (χ2n) is 6.48. The van der Waals surface area contributed by atoms with E-state index in [4.69, 9.17) is 26.8 Å². The second-order valence-corrected chi connectivity index (χ2v) is 6.89. The molecule has 0 saturated heterocycles. The van der Waals surface area contributed by atoms with E-state index in [9.17, 15) is 9.59 Å². The van der Waals surface area contributed by atoms with Crippen molar-refractivity contribution in [3.8, 4) is 22.9 Å². The smallest absolute Gasteiger partial charge is 0.255 e. The molecule has 0 saturated carbocycles. The van der Waals surface area contributed by atoms with Crippen LogP contribution in [0.4, 0.5) is 5.69 Å². The van der Waals surface area contributed by atoms with E-state index >= 15 is 0 Å². The normalized spacial score (nSPS) is 13.5. The van der Waals surface area contributed by atoms with E-state index in [1.54, 1.807) is 19.2 Å². The maximum atomic E-state index is 12.9. The molecule has 3 heterocycles. The standard InChI is InChI=1S/C19H17ClN6O4/c1-9(18-25-13(7-14(27)26-18)12-2-3-22-8-23-12)24-19(28)10-6-11(20)15(21)17-16(10)29-4-5-30-17/h2-3,6-9H,4-5,21H2,1H3,(H,24,28)(H,25,26,27). The molecule has 10 nitrogen and oxygen atoms in total. The molecule has 0 aliphatic carbocycles. The topological polar surface area (TPSA) is 145 Å². The van der Waals surface area contributed by atoms with Crippen LogP contribution in [-0.4, -0.2) is 39.1 Å². The number of halogens is 1. The fourth-order valence-electron chi connectivity index (χ4n) is 2.96. The second kappa shape index (κ2) is 7.99. The third kappa shape index (κ3) is 3.77. The zero-order valence-corrected chi connectivity index (χ0v) is 16.6. The van der Waals surface area contributed by atoms with Gasteiger partial charge < -0.3 is 25.5 Å². The number of aromatic amines is 1. The Hall–Kier alpha value is -3.66. The number of nitrogens with one attached hydrogen (secondary N) is 2. The summed E-state index contributed by atoms with van der Waals surface area (Å²) in [6.07, 6.45) is 2.91. The Balaban J connectivity index is 1.63. The Morgan fingerprint density at radius 3 is 2.77 bits per heavy atom. The van der Waals surface area contributed by atoms with Crippen molar-refractivity contribution in [3.05, 3.63) is 57.5 Å². The van der Waals surface area contributed by atoms with Crippen LogP contribution in [0.5, 0.6) is 11.5 Å². The highest BCUT2D eigenvalue weighted by Crippen LogP contribution is 2.43. The van der Waals surface area contributed by atoms with Crippen LogP contribution in [0.15, 0.2) is 35.5 Å². The first-order chi connectivity index (χ1) is 14.4. The molecule has 3 aromatic rings. The Morgan fingerprint density at radius 2 is 2.03 bits per heavy atom. The number of hydrogen-bond donors (Lipinski definition) is 3. The molecule has 0 spiro atoms. The zero-order chi connectivity index (χ0) is 21.3. The van der Waals surface area contributed by atoms with Gasteiger partial charge in [-0.05, 0) is 19.1 Å². The van der Waals surface area contributed by atoms with Crippen molar-refractivity contribution in [3.63, 3.8) is 0 Å². The number of nitrogens with two attached hydrogens (primary N) is 1. The van der Waals surface area contributed by atoms with E-state index in [0.717, 1.165) is 0 Å². The van der Waals surface area contributed by atoms with Crippen molar-refractivity contribution >= 4 is 23.2 Å². The molecule has 0 radical (unpaired) electrons. The van der Waals surface area contributed by atoms with Crippen LogP contribution >= 0.6 is 11.6 Å². The lowest BCUT2D eigenvalue weighted by molar-refractivity contribution is 0.0927. The van der Waals surface area contributed by atoms with E-state index in [1.807, 2.05) is 0 Å². The van der Waals surface area contributed by atoms with Gasteiger partial charge in [0, 0.05) is 12.3 Å². The maximum Gasteiger partial charge on any atom is 0.255 e. The van der Waals surface area contributed by atoms with Gasteiger partial charge in [0.05, 0.1) is 33.7 Å². The minimum absolute atomic E-state index is 0.171. The molecule has 1 aliphatic rings. The number of rotatable bonds is 4. The number of H-pyrrole nitrogens is 1. The molecule has 4 rings (SSSR count). The summed E-state index contributed by atoms with van der Waals surface area (Å²) < 4.78 is 11.1. The highest BCUT2D eigenvalue weighted by Gasteiger charge is 2.26. The van der Waals surface area contributed by atoms with E-state index < -0.39 is 11.9 Å². The number of carbonyl (C=O) groups excluding carboxylic acids is 1. The van der Waals surface area contributed by atoms with Crippen LogP contribution in [0.1, 0.15) is 29.1 Å². The molecule has 1 unspecified atom stereocenters. The number of fused-ring (bicyclic) bond motifs is 1. The van der Waals surface area contributed by atoms with Gasteiger partial charge in [-0.3, -0.25) is 9.59 Å². The quantitative estimate of drug-likeness (QED) is 0.532. The molecule has 1 atom stereocenters. The van der Waals surface area contributed by atoms with Crippen LogP contribution in [0.2, 0.25) is 5.02 Å². The summed E-state index contributed by atoms with van der Waals surface area (Å²) in [7, 11) is 0. The van der Waals surface area contributed by atoms with Crippen molar-refractivity contribution in [1.29, 1.82) is 0 Å². The Labute approximate surface area is 175 Å². The number of anilines is 1. The third-order valence-corrected chi connectivity index (χ3v) is 4.72. The van der Waals surface area contributed by atoms with Gasteiger partial charge in [0.2, 0.25) is 0 Å². The van der Waals surface area contributed by atoms with E-state index in [2.05, 4.69) is 25.3 Å². The number of nitrogens with zero attached hydrogens (tertiary/aromatic N) is 3. The third-order valence-electron chi connectivity index (χ3n) is 4.41. The molecule has 1 amide bonds. The van der Waals surface area contributed by atoms with Gasteiger partial charge in [-0.15, -0.1) is 0 Å². The van der Waals surface area contributed by atoms with Crippen LogP contribution in [-0.2, 0) is 0 Å². The monoisotopic (exact) mass is 428 g/mol. The van der Waals surface area contributed by atoms with Gasteiger partial charge in [0.1, 0.15) is 25.4 Å².